The lowest BCUT2D eigenvalue weighted by atomic mass is 10.0. The standard InChI is InChI=1S/C10H15N3O/c1-2-9(7-14-5-1)6-12-10-3-4-11-8-13-10/h3-4,8-9H,1-2,5-7H2,(H,11,12,13). The van der Waals surface area contributed by atoms with Crippen LogP contribution < -0.4 is 5.32 Å². The molecular formula is C10H15N3O. The number of hydrogen-bond acceptors (Lipinski definition) is 4. The van der Waals surface area contributed by atoms with Crippen molar-refractivity contribution in [2.24, 2.45) is 5.92 Å². The molecule has 0 aliphatic carbocycles. The van der Waals surface area contributed by atoms with Gasteiger partial charge in [-0.3, -0.25) is 0 Å². The maximum Gasteiger partial charge on any atom is 0.129 e. The van der Waals surface area contributed by atoms with Crippen molar-refractivity contribution in [2.45, 2.75) is 12.8 Å². The fourth-order valence-electron chi connectivity index (χ4n) is 1.61. The van der Waals surface area contributed by atoms with Crippen molar-refractivity contribution in [3.63, 3.8) is 0 Å². The third-order valence-corrected chi connectivity index (χ3v) is 2.41. The summed E-state index contributed by atoms with van der Waals surface area (Å²) in [6.07, 6.45) is 5.72. The quantitative estimate of drug-likeness (QED) is 0.786. The summed E-state index contributed by atoms with van der Waals surface area (Å²) in [5.74, 6) is 1.52. The van der Waals surface area contributed by atoms with E-state index in [0.29, 0.717) is 5.92 Å². The Morgan fingerprint density at radius 1 is 1.57 bits per heavy atom. The third kappa shape index (κ3) is 2.67. The summed E-state index contributed by atoms with van der Waals surface area (Å²) in [5.41, 5.74) is 0. The lowest BCUT2D eigenvalue weighted by molar-refractivity contribution is 0.0595. The predicted octanol–water partition coefficient (Wildman–Crippen LogP) is 1.32. The molecule has 1 aliphatic heterocycles. The van der Waals surface area contributed by atoms with Crippen molar-refractivity contribution in [3.8, 4) is 0 Å². The Kier molecular flexibility index (Phi) is 3.29. The van der Waals surface area contributed by atoms with Crippen LogP contribution in [-0.2, 0) is 4.74 Å². The molecule has 2 heterocycles. The Hall–Kier alpha value is -1.16. The topological polar surface area (TPSA) is 47.0 Å². The minimum absolute atomic E-state index is 0.624. The summed E-state index contributed by atoms with van der Waals surface area (Å²) in [5, 5.41) is 3.28. The smallest absolute Gasteiger partial charge is 0.129 e. The number of nitrogens with zero attached hydrogens (tertiary/aromatic N) is 2. The summed E-state index contributed by atoms with van der Waals surface area (Å²) < 4.78 is 5.40. The maximum atomic E-state index is 5.40. The van der Waals surface area contributed by atoms with Gasteiger partial charge in [0.05, 0.1) is 6.61 Å². The van der Waals surface area contributed by atoms with Gasteiger partial charge in [0.2, 0.25) is 0 Å². The van der Waals surface area contributed by atoms with Gasteiger partial charge in [-0.15, -0.1) is 0 Å². The molecule has 0 spiro atoms. The van der Waals surface area contributed by atoms with Gasteiger partial charge in [0.25, 0.3) is 0 Å². The van der Waals surface area contributed by atoms with Crippen LogP contribution in [0.25, 0.3) is 0 Å². The molecule has 1 aliphatic rings. The summed E-state index contributed by atoms with van der Waals surface area (Å²) in [4.78, 5) is 7.96. The Morgan fingerprint density at radius 2 is 2.57 bits per heavy atom. The molecule has 4 nitrogen and oxygen atoms in total. The highest BCUT2D eigenvalue weighted by Gasteiger charge is 2.13. The van der Waals surface area contributed by atoms with Gasteiger partial charge in [-0.25, -0.2) is 9.97 Å². The first-order chi connectivity index (χ1) is 6.95. The molecule has 1 N–H and O–H groups in total. The van der Waals surface area contributed by atoms with E-state index in [9.17, 15) is 0 Å². The predicted molar refractivity (Wildman–Crippen MR) is 54.1 cm³/mol. The van der Waals surface area contributed by atoms with Crippen LogP contribution in [0.15, 0.2) is 18.6 Å². The fourth-order valence-corrected chi connectivity index (χ4v) is 1.61. The monoisotopic (exact) mass is 193 g/mol. The maximum absolute atomic E-state index is 5.40. The molecule has 4 heteroatoms. The zero-order chi connectivity index (χ0) is 9.64. The average molecular weight is 193 g/mol. The summed E-state index contributed by atoms with van der Waals surface area (Å²) in [6.45, 7) is 2.74. The van der Waals surface area contributed by atoms with E-state index >= 15 is 0 Å². The summed E-state index contributed by atoms with van der Waals surface area (Å²) >= 11 is 0. The fraction of sp³-hybridized carbons (Fsp3) is 0.600. The van der Waals surface area contributed by atoms with E-state index in [1.807, 2.05) is 6.07 Å². The Labute approximate surface area is 83.7 Å². The van der Waals surface area contributed by atoms with Gasteiger partial charge >= 0.3 is 0 Å². The molecule has 1 aromatic heterocycles. The number of nitrogens with one attached hydrogen (secondary N) is 1. The van der Waals surface area contributed by atoms with Crippen LogP contribution in [0.1, 0.15) is 12.8 Å². The van der Waals surface area contributed by atoms with Gasteiger partial charge in [-0.1, -0.05) is 0 Å². The molecule has 76 valence electrons. The Balaban J connectivity index is 1.76. The molecule has 0 saturated carbocycles. The lowest BCUT2D eigenvalue weighted by Crippen LogP contribution is -2.24. The number of hydrogen-bond donors (Lipinski definition) is 1. The van der Waals surface area contributed by atoms with Crippen molar-refractivity contribution in [2.75, 3.05) is 25.1 Å². The molecule has 1 unspecified atom stereocenters. The Bertz CT molecular complexity index is 259. The molecule has 2 rings (SSSR count). The van der Waals surface area contributed by atoms with Gasteiger partial charge in [0.15, 0.2) is 0 Å². The highest BCUT2D eigenvalue weighted by molar-refractivity contribution is 5.31. The van der Waals surface area contributed by atoms with Crippen LogP contribution in [0.3, 0.4) is 0 Å². The van der Waals surface area contributed by atoms with E-state index in [-0.39, 0.29) is 0 Å². The van der Waals surface area contributed by atoms with Crippen molar-refractivity contribution in [1.82, 2.24) is 9.97 Å². The highest BCUT2D eigenvalue weighted by Crippen LogP contribution is 2.13. The lowest BCUT2D eigenvalue weighted by Gasteiger charge is -2.22. The van der Waals surface area contributed by atoms with Gasteiger partial charge in [-0.2, -0.15) is 0 Å². The molecule has 0 radical (unpaired) electrons. The van der Waals surface area contributed by atoms with E-state index < -0.39 is 0 Å². The molecular weight excluding hydrogens is 178 g/mol. The van der Waals surface area contributed by atoms with Crippen LogP contribution in [0.5, 0.6) is 0 Å². The molecule has 1 aromatic rings. The van der Waals surface area contributed by atoms with Crippen LogP contribution in [-0.4, -0.2) is 29.7 Å². The van der Waals surface area contributed by atoms with Crippen molar-refractivity contribution in [3.05, 3.63) is 18.6 Å². The normalized spacial score (nSPS) is 21.9. The van der Waals surface area contributed by atoms with Crippen molar-refractivity contribution >= 4 is 5.82 Å². The second-order valence-corrected chi connectivity index (χ2v) is 3.56. The average Bonchev–Trinajstić information content (AvgIpc) is 2.29. The molecule has 0 bridgehead atoms. The summed E-state index contributed by atoms with van der Waals surface area (Å²) in [6, 6.07) is 1.88. The minimum Gasteiger partial charge on any atom is -0.381 e. The van der Waals surface area contributed by atoms with E-state index in [4.69, 9.17) is 4.74 Å². The largest absolute Gasteiger partial charge is 0.381 e. The third-order valence-electron chi connectivity index (χ3n) is 2.41. The molecule has 0 amide bonds. The zero-order valence-electron chi connectivity index (χ0n) is 8.15. The van der Waals surface area contributed by atoms with E-state index in [2.05, 4.69) is 15.3 Å². The molecule has 1 fully saturated rings. The van der Waals surface area contributed by atoms with E-state index in [1.54, 1.807) is 12.5 Å². The van der Waals surface area contributed by atoms with Gasteiger partial charge in [-0.05, 0) is 24.8 Å². The van der Waals surface area contributed by atoms with Gasteiger partial charge < -0.3 is 10.1 Å². The van der Waals surface area contributed by atoms with Crippen LogP contribution in [0.4, 0.5) is 5.82 Å². The van der Waals surface area contributed by atoms with Crippen LogP contribution in [0, 0.1) is 5.92 Å². The zero-order valence-corrected chi connectivity index (χ0v) is 8.15. The molecule has 0 aromatic carbocycles. The molecule has 1 atom stereocenters. The second-order valence-electron chi connectivity index (χ2n) is 3.56. The molecule has 1 saturated heterocycles. The molecule has 14 heavy (non-hydrogen) atoms. The summed E-state index contributed by atoms with van der Waals surface area (Å²) in [7, 11) is 0. The second kappa shape index (κ2) is 4.91. The van der Waals surface area contributed by atoms with Crippen LogP contribution in [0.2, 0.25) is 0 Å². The first kappa shape index (κ1) is 9.40. The van der Waals surface area contributed by atoms with E-state index in [0.717, 1.165) is 25.6 Å². The number of anilines is 1. The van der Waals surface area contributed by atoms with Gasteiger partial charge in [0, 0.05) is 19.3 Å². The highest BCUT2D eigenvalue weighted by atomic mass is 16.5. The first-order valence-electron chi connectivity index (χ1n) is 5.03. The number of rotatable bonds is 3. The number of aromatic nitrogens is 2. The van der Waals surface area contributed by atoms with Crippen LogP contribution >= 0.6 is 0 Å². The Morgan fingerprint density at radius 3 is 3.29 bits per heavy atom. The minimum atomic E-state index is 0.624. The first-order valence-corrected chi connectivity index (χ1v) is 5.03. The number of ether oxygens (including phenoxy) is 1. The van der Waals surface area contributed by atoms with Gasteiger partial charge in [0.1, 0.15) is 12.1 Å². The van der Waals surface area contributed by atoms with Crippen molar-refractivity contribution < 1.29 is 4.74 Å². The SMILES string of the molecule is c1cc(NCC2CCCOC2)ncn1. The van der Waals surface area contributed by atoms with Crippen molar-refractivity contribution in [1.29, 1.82) is 0 Å². The van der Waals surface area contributed by atoms with E-state index in [1.165, 1.54) is 12.8 Å².